The van der Waals surface area contributed by atoms with Crippen LogP contribution in [0.4, 0.5) is 0 Å². The highest BCUT2D eigenvalue weighted by Crippen LogP contribution is 2.21. The highest BCUT2D eigenvalue weighted by molar-refractivity contribution is 5.79. The first-order chi connectivity index (χ1) is 13.7. The maximum atomic E-state index is 5.97. The lowest BCUT2D eigenvalue weighted by Crippen LogP contribution is -2.37. The van der Waals surface area contributed by atoms with Gasteiger partial charge in [-0.15, -0.1) is 0 Å². The number of ether oxygens (including phenoxy) is 3. The number of rotatable bonds is 11. The Balaban J connectivity index is 1.69. The first kappa shape index (κ1) is 22.5. The summed E-state index contributed by atoms with van der Waals surface area (Å²) in [4.78, 5) is 4.31. The van der Waals surface area contributed by atoms with Crippen LogP contribution < -0.4 is 15.4 Å². The van der Waals surface area contributed by atoms with Gasteiger partial charge >= 0.3 is 0 Å². The van der Waals surface area contributed by atoms with Gasteiger partial charge in [0, 0.05) is 39.4 Å². The second-order valence-electron chi connectivity index (χ2n) is 7.29. The van der Waals surface area contributed by atoms with E-state index in [-0.39, 0.29) is 0 Å². The fourth-order valence-corrected chi connectivity index (χ4v) is 3.34. The van der Waals surface area contributed by atoms with Gasteiger partial charge in [0.15, 0.2) is 5.96 Å². The van der Waals surface area contributed by atoms with Gasteiger partial charge in [-0.05, 0) is 37.8 Å². The molecular formula is C22H37N3O3. The van der Waals surface area contributed by atoms with Crippen LogP contribution in [0, 0.1) is 6.92 Å². The molecule has 158 valence electrons. The van der Waals surface area contributed by atoms with E-state index in [0.29, 0.717) is 25.9 Å². The quantitative estimate of drug-likeness (QED) is 0.344. The van der Waals surface area contributed by atoms with E-state index >= 15 is 0 Å². The summed E-state index contributed by atoms with van der Waals surface area (Å²) in [7, 11) is 3.47. The summed E-state index contributed by atoms with van der Waals surface area (Å²) in [6, 6.07) is 6.25. The number of benzene rings is 1. The summed E-state index contributed by atoms with van der Waals surface area (Å²) in [6.07, 6.45) is 7.90. The summed E-state index contributed by atoms with van der Waals surface area (Å²) >= 11 is 0. The fraction of sp³-hybridized carbons (Fsp3) is 0.682. The Hall–Kier alpha value is -1.79. The van der Waals surface area contributed by atoms with Crippen LogP contribution >= 0.6 is 0 Å². The molecule has 2 rings (SSSR count). The van der Waals surface area contributed by atoms with Crippen molar-refractivity contribution in [3.8, 4) is 5.75 Å². The summed E-state index contributed by atoms with van der Waals surface area (Å²) in [5, 5.41) is 6.72. The SMILES string of the molecule is CN=C(NCCCOC1CCCCC1)NCc1ccc(C)cc1OCCOC. The molecule has 0 atom stereocenters. The van der Waals surface area contributed by atoms with E-state index in [9.17, 15) is 0 Å². The predicted octanol–water partition coefficient (Wildman–Crippen LogP) is 3.42. The van der Waals surface area contributed by atoms with Crippen molar-refractivity contribution in [2.45, 2.75) is 58.1 Å². The first-order valence-electron chi connectivity index (χ1n) is 10.5. The lowest BCUT2D eigenvalue weighted by atomic mass is 9.98. The van der Waals surface area contributed by atoms with Gasteiger partial charge < -0.3 is 24.8 Å². The van der Waals surface area contributed by atoms with Crippen molar-refractivity contribution in [3.05, 3.63) is 29.3 Å². The lowest BCUT2D eigenvalue weighted by Gasteiger charge is -2.22. The highest BCUT2D eigenvalue weighted by Gasteiger charge is 2.13. The molecule has 0 bridgehead atoms. The van der Waals surface area contributed by atoms with E-state index in [0.717, 1.165) is 36.8 Å². The molecule has 2 N–H and O–H groups in total. The third-order valence-electron chi connectivity index (χ3n) is 4.96. The van der Waals surface area contributed by atoms with E-state index in [2.05, 4.69) is 40.7 Å². The van der Waals surface area contributed by atoms with Crippen molar-refractivity contribution in [1.82, 2.24) is 10.6 Å². The number of aliphatic imine (C=N–C) groups is 1. The number of guanidine groups is 1. The summed E-state index contributed by atoms with van der Waals surface area (Å²) in [6.45, 7) is 5.49. The summed E-state index contributed by atoms with van der Waals surface area (Å²) < 4.78 is 16.9. The van der Waals surface area contributed by atoms with E-state index in [4.69, 9.17) is 14.2 Å². The van der Waals surface area contributed by atoms with E-state index in [1.54, 1.807) is 14.2 Å². The zero-order valence-corrected chi connectivity index (χ0v) is 17.8. The Kier molecular flexibility index (Phi) is 10.8. The lowest BCUT2D eigenvalue weighted by molar-refractivity contribution is 0.0277. The average Bonchev–Trinajstić information content (AvgIpc) is 2.72. The second kappa shape index (κ2) is 13.4. The van der Waals surface area contributed by atoms with Crippen molar-refractivity contribution in [2.24, 2.45) is 4.99 Å². The summed E-state index contributed by atoms with van der Waals surface area (Å²) in [5.74, 6) is 1.68. The third-order valence-corrected chi connectivity index (χ3v) is 4.96. The molecular weight excluding hydrogens is 354 g/mol. The van der Waals surface area contributed by atoms with Crippen LogP contribution in [-0.2, 0) is 16.0 Å². The van der Waals surface area contributed by atoms with Crippen LogP contribution in [0.3, 0.4) is 0 Å². The van der Waals surface area contributed by atoms with E-state index < -0.39 is 0 Å². The predicted molar refractivity (Wildman–Crippen MR) is 114 cm³/mol. The second-order valence-corrected chi connectivity index (χ2v) is 7.29. The van der Waals surface area contributed by atoms with Gasteiger partial charge in [0.1, 0.15) is 12.4 Å². The monoisotopic (exact) mass is 391 g/mol. The van der Waals surface area contributed by atoms with Crippen molar-refractivity contribution >= 4 is 5.96 Å². The molecule has 0 radical (unpaired) electrons. The molecule has 1 aliphatic rings. The molecule has 28 heavy (non-hydrogen) atoms. The standard InChI is InChI=1S/C22H37N3O3/c1-18-10-11-19(21(16-18)28-15-14-26-3)17-25-22(23-2)24-12-7-13-27-20-8-5-4-6-9-20/h10-11,16,20H,4-9,12-15,17H2,1-3H3,(H2,23,24,25). The maximum absolute atomic E-state index is 5.97. The van der Waals surface area contributed by atoms with Crippen LogP contribution in [0.5, 0.6) is 5.75 Å². The zero-order chi connectivity index (χ0) is 20.0. The Bertz CT molecular complexity index is 586. The molecule has 1 aliphatic carbocycles. The van der Waals surface area contributed by atoms with Gasteiger partial charge in [0.05, 0.1) is 12.7 Å². The molecule has 6 nitrogen and oxygen atoms in total. The molecule has 0 amide bonds. The topological polar surface area (TPSA) is 64.1 Å². The number of aryl methyl sites for hydroxylation is 1. The molecule has 0 saturated heterocycles. The van der Waals surface area contributed by atoms with Gasteiger partial charge in [0.2, 0.25) is 0 Å². The van der Waals surface area contributed by atoms with Crippen LogP contribution in [0.25, 0.3) is 0 Å². The number of hydrogen-bond donors (Lipinski definition) is 2. The first-order valence-corrected chi connectivity index (χ1v) is 10.5. The van der Waals surface area contributed by atoms with Crippen LogP contribution in [0.15, 0.2) is 23.2 Å². The van der Waals surface area contributed by atoms with E-state index in [1.807, 2.05) is 0 Å². The van der Waals surface area contributed by atoms with Crippen molar-refractivity contribution in [3.63, 3.8) is 0 Å². The number of nitrogens with zero attached hydrogens (tertiary/aromatic N) is 1. The molecule has 1 aromatic carbocycles. The van der Waals surface area contributed by atoms with Crippen LogP contribution in [0.1, 0.15) is 49.7 Å². The number of hydrogen-bond acceptors (Lipinski definition) is 4. The normalized spacial score (nSPS) is 15.5. The number of methoxy groups -OCH3 is 1. The molecule has 0 unspecified atom stereocenters. The Morgan fingerprint density at radius 1 is 1.11 bits per heavy atom. The smallest absolute Gasteiger partial charge is 0.191 e. The van der Waals surface area contributed by atoms with Crippen LogP contribution in [-0.4, -0.2) is 52.6 Å². The minimum atomic E-state index is 0.476. The average molecular weight is 392 g/mol. The van der Waals surface area contributed by atoms with Gasteiger partial charge in [-0.25, -0.2) is 0 Å². The Labute approximate surface area is 170 Å². The molecule has 0 aromatic heterocycles. The molecule has 1 saturated carbocycles. The third kappa shape index (κ3) is 8.48. The molecule has 1 fully saturated rings. The van der Waals surface area contributed by atoms with Crippen molar-refractivity contribution < 1.29 is 14.2 Å². The van der Waals surface area contributed by atoms with Gasteiger partial charge in [-0.2, -0.15) is 0 Å². The Morgan fingerprint density at radius 3 is 2.68 bits per heavy atom. The summed E-state index contributed by atoms with van der Waals surface area (Å²) in [5.41, 5.74) is 2.28. The Morgan fingerprint density at radius 2 is 1.93 bits per heavy atom. The molecule has 0 heterocycles. The van der Waals surface area contributed by atoms with Crippen molar-refractivity contribution in [2.75, 3.05) is 40.5 Å². The molecule has 6 heteroatoms. The zero-order valence-electron chi connectivity index (χ0n) is 17.8. The van der Waals surface area contributed by atoms with Crippen molar-refractivity contribution in [1.29, 1.82) is 0 Å². The van der Waals surface area contributed by atoms with Gasteiger partial charge in [0.25, 0.3) is 0 Å². The van der Waals surface area contributed by atoms with Gasteiger partial charge in [-0.1, -0.05) is 31.4 Å². The molecule has 0 aliphatic heterocycles. The molecule has 0 spiro atoms. The highest BCUT2D eigenvalue weighted by atomic mass is 16.5. The van der Waals surface area contributed by atoms with Gasteiger partial charge in [-0.3, -0.25) is 4.99 Å². The minimum Gasteiger partial charge on any atom is -0.491 e. The molecule has 1 aromatic rings. The van der Waals surface area contributed by atoms with E-state index in [1.165, 1.54) is 37.7 Å². The minimum absolute atomic E-state index is 0.476. The fourth-order valence-electron chi connectivity index (χ4n) is 3.34. The largest absolute Gasteiger partial charge is 0.491 e. The number of nitrogens with one attached hydrogen (secondary N) is 2. The van der Waals surface area contributed by atoms with Crippen LogP contribution in [0.2, 0.25) is 0 Å². The maximum Gasteiger partial charge on any atom is 0.191 e.